The summed E-state index contributed by atoms with van der Waals surface area (Å²) in [5.41, 5.74) is -0.359. The van der Waals surface area contributed by atoms with Crippen LogP contribution < -0.4 is 51.4 Å². The summed E-state index contributed by atoms with van der Waals surface area (Å²) in [7, 11) is -11.3. The molecule has 4 aliphatic carbocycles. The van der Waals surface area contributed by atoms with Gasteiger partial charge in [0.15, 0.2) is 12.4 Å². The number of esters is 1. The molecule has 5 rings (SSSR count). The molecule has 3 N–H and O–H groups in total. The molecule has 0 amide bonds. The number of aliphatic carboxylic acids is 1. The number of rotatable bonds is 11. The van der Waals surface area contributed by atoms with Gasteiger partial charge in [-0.05, 0) is 79.6 Å². The van der Waals surface area contributed by atoms with E-state index in [0.29, 0.717) is 12.8 Å². The smallest absolute Gasteiger partial charge is 0.726 e. The molecule has 5 fully saturated rings. The van der Waals surface area contributed by atoms with Gasteiger partial charge in [-0.15, -0.1) is 0 Å². The van der Waals surface area contributed by atoms with Crippen LogP contribution in [0.3, 0.4) is 0 Å². The molecule has 19 heteroatoms. The summed E-state index contributed by atoms with van der Waals surface area (Å²) in [6.07, 6.45) is -8.49. The number of carboxylic acid groups (broad SMARTS) is 1. The van der Waals surface area contributed by atoms with E-state index in [9.17, 15) is 50.8 Å². The second kappa shape index (κ2) is 15.3. The predicted molar refractivity (Wildman–Crippen MR) is 159 cm³/mol. The number of aliphatic hydroxyl groups excluding tert-OH is 2. The minimum atomic E-state index is -5.69. The first-order chi connectivity index (χ1) is 22.2. The number of fused-ring (bicyclic) bond motifs is 3. The fourth-order valence-electron chi connectivity index (χ4n) is 9.81. The van der Waals surface area contributed by atoms with Gasteiger partial charge < -0.3 is 38.6 Å². The Morgan fingerprint density at radius 2 is 1.67 bits per heavy atom. The average Bonchev–Trinajstić information content (AvgIpc) is 3.12. The quantitative estimate of drug-likeness (QED) is 0.0513. The number of carboxylic acids is 1. The van der Waals surface area contributed by atoms with Crippen molar-refractivity contribution in [1.29, 1.82) is 0 Å². The summed E-state index contributed by atoms with van der Waals surface area (Å²) in [5.74, 6) is -3.38. The number of hydrogen-bond acceptors (Lipinski definition) is 15. The number of aliphatic hydroxyl groups is 2. The van der Waals surface area contributed by atoms with Gasteiger partial charge in [-0.25, -0.2) is 16.8 Å². The second-order valence-corrected chi connectivity index (χ2v) is 16.8. The van der Waals surface area contributed by atoms with Gasteiger partial charge in [-0.2, -0.15) is 0 Å². The molecule has 0 aromatic carbocycles. The molecule has 0 radical (unpaired) electrons. The standard InChI is InChI=1S/C30H46O16S2.K/c1-14(2)9-22(32)44-25-24(46-48(39,40)41)23(45-47(36,37)38)20(13-31)43-28(25)42-17-10-18(27(34)35)19-7-8-30-11-16(15(3)26(30)33)5-6-21(30)29(19,4)12-17;/h14,16-21,23-26,28,31,33H,3,5-13H2,1-2,4H3,(H,34,35)(H,36,37,38)(H,39,40,41);/q;+1/p-2/t16?,17?,18?,19?,20?,21?,23?,24?,25?,26?,28?,29-,30-;/m1./s1. The molecular weight excluding hydrogens is 720 g/mol. The third-order valence-electron chi connectivity index (χ3n) is 11.5. The third kappa shape index (κ3) is 8.51. The van der Waals surface area contributed by atoms with Crippen LogP contribution in [0, 0.1) is 40.4 Å². The first-order valence-corrected chi connectivity index (χ1v) is 18.8. The van der Waals surface area contributed by atoms with Gasteiger partial charge in [-0.1, -0.05) is 27.4 Å². The maximum absolute atomic E-state index is 12.9. The number of carbonyl (C=O) groups excluding carboxylic acids is 1. The Kier molecular flexibility index (Phi) is 13.0. The zero-order valence-electron chi connectivity index (χ0n) is 28.0. The van der Waals surface area contributed by atoms with Crippen molar-refractivity contribution in [3.63, 3.8) is 0 Å². The SMILES string of the molecule is C=C1C2CCC3[C@]4(C)CC(OC5OC(CO)C(OS(=O)(=O)[O-])C(OS(=O)(=O)[O-])C5OC(=O)CC(C)C)CC(C(=O)O)C4CC[C@]3(C2)C1O.[K+]. The molecule has 16 nitrogen and oxygen atoms in total. The predicted octanol–water partition coefficient (Wildman–Crippen LogP) is -2.01. The van der Waals surface area contributed by atoms with Gasteiger partial charge in [0.25, 0.3) is 0 Å². The van der Waals surface area contributed by atoms with Gasteiger partial charge in [0.2, 0.25) is 20.8 Å². The average molecular weight is 764 g/mol. The van der Waals surface area contributed by atoms with Crippen LogP contribution in [-0.2, 0) is 53.0 Å². The largest absolute Gasteiger partial charge is 1.00 e. The minimum Gasteiger partial charge on any atom is -0.726 e. The van der Waals surface area contributed by atoms with Gasteiger partial charge in [0, 0.05) is 11.8 Å². The molecule has 5 aliphatic rings. The molecule has 2 bridgehead atoms. The van der Waals surface area contributed by atoms with Gasteiger partial charge in [0.1, 0.15) is 18.3 Å². The molecule has 4 saturated carbocycles. The van der Waals surface area contributed by atoms with Crippen LogP contribution >= 0.6 is 0 Å². The van der Waals surface area contributed by atoms with Crippen LogP contribution in [0.5, 0.6) is 0 Å². The van der Waals surface area contributed by atoms with Crippen molar-refractivity contribution in [3.8, 4) is 0 Å². The van der Waals surface area contributed by atoms with Gasteiger partial charge in [-0.3, -0.25) is 18.0 Å². The van der Waals surface area contributed by atoms with E-state index in [1.807, 2.05) is 6.92 Å². The van der Waals surface area contributed by atoms with Crippen molar-refractivity contribution in [2.24, 2.45) is 40.4 Å². The molecule has 1 saturated heterocycles. The zero-order chi connectivity index (χ0) is 35.6. The summed E-state index contributed by atoms with van der Waals surface area (Å²) in [5, 5.41) is 31.9. The van der Waals surface area contributed by atoms with E-state index in [-0.39, 0.29) is 94.3 Å². The fourth-order valence-corrected chi connectivity index (χ4v) is 10.8. The summed E-state index contributed by atoms with van der Waals surface area (Å²) in [6.45, 7) is 8.41. The summed E-state index contributed by atoms with van der Waals surface area (Å²) in [6, 6.07) is 0. The van der Waals surface area contributed by atoms with Crippen LogP contribution in [0.4, 0.5) is 0 Å². The molecule has 0 aromatic heterocycles. The van der Waals surface area contributed by atoms with E-state index in [4.69, 9.17) is 14.2 Å². The van der Waals surface area contributed by atoms with Crippen molar-refractivity contribution >= 4 is 32.7 Å². The zero-order valence-corrected chi connectivity index (χ0v) is 32.7. The maximum Gasteiger partial charge on any atom is 1.00 e. The third-order valence-corrected chi connectivity index (χ3v) is 12.4. The van der Waals surface area contributed by atoms with Crippen molar-refractivity contribution in [2.45, 2.75) is 115 Å². The van der Waals surface area contributed by atoms with E-state index in [1.165, 1.54) is 0 Å². The normalized spacial score (nSPS) is 42.1. The Labute approximate surface area is 328 Å². The van der Waals surface area contributed by atoms with Gasteiger partial charge in [0.05, 0.1) is 24.7 Å². The Morgan fingerprint density at radius 1 is 1.04 bits per heavy atom. The van der Waals surface area contributed by atoms with Crippen LogP contribution in [0.25, 0.3) is 0 Å². The first-order valence-electron chi connectivity index (χ1n) is 16.2. The van der Waals surface area contributed by atoms with E-state index < -0.39 is 99.0 Å². The van der Waals surface area contributed by atoms with Crippen LogP contribution in [0.15, 0.2) is 12.2 Å². The monoisotopic (exact) mass is 763 g/mol. The van der Waals surface area contributed by atoms with Crippen LogP contribution in [-0.4, -0.2) is 103 Å². The van der Waals surface area contributed by atoms with E-state index in [0.717, 1.165) is 24.8 Å². The van der Waals surface area contributed by atoms with Crippen LogP contribution in [0.2, 0.25) is 0 Å². The molecule has 11 unspecified atom stereocenters. The number of ether oxygens (including phenoxy) is 3. The van der Waals surface area contributed by atoms with Gasteiger partial charge >= 0.3 is 63.3 Å². The molecule has 274 valence electrons. The Bertz CT molecular complexity index is 1490. The second-order valence-electron chi connectivity index (χ2n) is 14.8. The Morgan fingerprint density at radius 3 is 2.24 bits per heavy atom. The molecule has 13 atom stereocenters. The summed E-state index contributed by atoms with van der Waals surface area (Å²) < 4.78 is 96.9. The molecular formula is C30H44KO16S2-. The molecule has 1 aliphatic heterocycles. The van der Waals surface area contributed by atoms with Crippen molar-refractivity contribution in [1.82, 2.24) is 0 Å². The van der Waals surface area contributed by atoms with E-state index >= 15 is 0 Å². The van der Waals surface area contributed by atoms with Crippen molar-refractivity contribution in [3.05, 3.63) is 12.2 Å². The fraction of sp³-hybridized carbons (Fsp3) is 0.867. The molecule has 0 aromatic rings. The molecule has 1 spiro atoms. The summed E-state index contributed by atoms with van der Waals surface area (Å²) >= 11 is 0. The van der Waals surface area contributed by atoms with E-state index in [2.05, 4.69) is 14.9 Å². The van der Waals surface area contributed by atoms with E-state index in [1.54, 1.807) is 13.8 Å². The van der Waals surface area contributed by atoms with Crippen molar-refractivity contribution < 1.29 is 125 Å². The topological polar surface area (TPSA) is 255 Å². The number of carbonyl (C=O) groups is 2. The minimum absolute atomic E-state index is 0. The molecule has 49 heavy (non-hydrogen) atoms. The first kappa shape index (κ1) is 41.6. The summed E-state index contributed by atoms with van der Waals surface area (Å²) in [4.78, 5) is 25.6. The molecule has 1 heterocycles. The Hall–Kier alpha value is -0.104. The van der Waals surface area contributed by atoms with Crippen LogP contribution in [0.1, 0.15) is 72.1 Å². The maximum atomic E-state index is 12.9. The number of hydrogen-bond donors (Lipinski definition) is 3. The van der Waals surface area contributed by atoms with Crippen molar-refractivity contribution in [2.75, 3.05) is 6.61 Å². The Balaban J connectivity index is 0.00000541.